The Bertz CT molecular complexity index is 1170. The average Bonchev–Trinajstić information content (AvgIpc) is 3.22. The lowest BCUT2D eigenvalue weighted by Crippen LogP contribution is -2.22. The van der Waals surface area contributed by atoms with Crippen LogP contribution >= 0.6 is 11.3 Å². The van der Waals surface area contributed by atoms with Gasteiger partial charge in [0.2, 0.25) is 0 Å². The molecule has 0 bridgehead atoms. The maximum atomic E-state index is 13.0. The van der Waals surface area contributed by atoms with Crippen LogP contribution in [-0.2, 0) is 5.41 Å². The molecule has 0 unspecified atom stereocenters. The Morgan fingerprint density at radius 2 is 1.84 bits per heavy atom. The van der Waals surface area contributed by atoms with Crippen molar-refractivity contribution in [3.8, 4) is 16.9 Å². The first kappa shape index (κ1) is 21.4. The maximum Gasteiger partial charge on any atom is 0.573 e. The van der Waals surface area contributed by atoms with Crippen LogP contribution in [0.1, 0.15) is 52.2 Å². The number of thiophene rings is 1. The summed E-state index contributed by atoms with van der Waals surface area (Å²) < 4.78 is 43.4. The molecular weight excluding hydrogens is 421 g/mol. The second-order valence-corrected chi connectivity index (χ2v) is 9.26. The molecule has 1 aromatic heterocycles. The van der Waals surface area contributed by atoms with Crippen molar-refractivity contribution in [1.82, 2.24) is 0 Å². The summed E-state index contributed by atoms with van der Waals surface area (Å²) in [5.74, 6) is -0.321. The zero-order chi connectivity index (χ0) is 22.4. The fourth-order valence-corrected chi connectivity index (χ4v) is 4.85. The van der Waals surface area contributed by atoms with E-state index in [1.165, 1.54) is 18.2 Å². The van der Waals surface area contributed by atoms with E-state index >= 15 is 0 Å². The highest BCUT2D eigenvalue weighted by molar-refractivity contribution is 7.11. The quantitative estimate of drug-likeness (QED) is 0.390. The van der Waals surface area contributed by atoms with Crippen molar-refractivity contribution in [3.05, 3.63) is 81.1 Å². The second-order valence-electron chi connectivity index (χ2n) is 8.32. The van der Waals surface area contributed by atoms with Gasteiger partial charge in [-0.2, -0.15) is 0 Å². The van der Waals surface area contributed by atoms with Gasteiger partial charge in [0.1, 0.15) is 12.0 Å². The summed E-state index contributed by atoms with van der Waals surface area (Å²) in [6.45, 7) is 6.20. The summed E-state index contributed by atoms with van der Waals surface area (Å²) in [7, 11) is 0. The molecule has 0 N–H and O–H groups in total. The highest BCUT2D eigenvalue weighted by atomic mass is 32.1. The Morgan fingerprint density at radius 1 is 1.06 bits per heavy atom. The fraction of sp³-hybridized carbons (Fsp3) is 0.240. The summed E-state index contributed by atoms with van der Waals surface area (Å²) in [6.07, 6.45) is -1.14. The van der Waals surface area contributed by atoms with Gasteiger partial charge in [-0.15, -0.1) is 24.5 Å². The zero-order valence-electron chi connectivity index (χ0n) is 17.3. The number of carbonyl (C=O) groups excluding carboxylic acids is 1. The van der Waals surface area contributed by atoms with Crippen LogP contribution in [0.2, 0.25) is 0 Å². The van der Waals surface area contributed by atoms with E-state index in [9.17, 15) is 18.0 Å². The topological polar surface area (TPSA) is 26.3 Å². The number of benzene rings is 2. The van der Waals surface area contributed by atoms with Crippen LogP contribution < -0.4 is 4.74 Å². The maximum absolute atomic E-state index is 13.0. The van der Waals surface area contributed by atoms with Gasteiger partial charge in [-0.3, -0.25) is 4.79 Å². The number of rotatable bonds is 4. The first-order valence-electron chi connectivity index (χ1n) is 9.84. The Labute approximate surface area is 183 Å². The second kappa shape index (κ2) is 7.68. The Hall–Kier alpha value is -2.86. The first-order valence-corrected chi connectivity index (χ1v) is 10.7. The molecular formula is C25H21F3O2S. The normalized spacial score (nSPS) is 15.2. The van der Waals surface area contributed by atoms with Crippen molar-refractivity contribution in [1.29, 1.82) is 0 Å². The minimum atomic E-state index is -4.83. The summed E-state index contributed by atoms with van der Waals surface area (Å²) in [6, 6.07) is 12.0. The predicted molar refractivity (Wildman–Crippen MR) is 118 cm³/mol. The number of aldehydes is 1. The van der Waals surface area contributed by atoms with Gasteiger partial charge >= 0.3 is 6.36 Å². The molecule has 4 rings (SSSR count). The van der Waals surface area contributed by atoms with Gasteiger partial charge in [0.05, 0.1) is 0 Å². The van der Waals surface area contributed by atoms with Crippen LogP contribution in [0.5, 0.6) is 5.75 Å². The number of allylic oxidation sites excluding steroid dienone is 1. The lowest BCUT2D eigenvalue weighted by atomic mass is 9.71. The van der Waals surface area contributed by atoms with E-state index in [0.29, 0.717) is 11.8 Å². The SMILES string of the molecule is Cc1cc2c(cc1-c1cc(C=O)ccc1OC(F)(F)F)C(c1cccs1)=CCC2(C)C. The van der Waals surface area contributed by atoms with Crippen LogP contribution in [0.15, 0.2) is 53.9 Å². The van der Waals surface area contributed by atoms with E-state index < -0.39 is 6.36 Å². The summed E-state index contributed by atoms with van der Waals surface area (Å²) in [5.41, 5.74) is 5.10. The molecule has 0 aliphatic heterocycles. The van der Waals surface area contributed by atoms with Gasteiger partial charge < -0.3 is 4.74 Å². The number of hydrogen-bond acceptors (Lipinski definition) is 3. The number of alkyl halides is 3. The minimum absolute atomic E-state index is 0.102. The fourth-order valence-electron chi connectivity index (χ4n) is 4.07. The summed E-state index contributed by atoms with van der Waals surface area (Å²) in [5, 5.41) is 2.01. The Kier molecular flexibility index (Phi) is 5.30. The highest BCUT2D eigenvalue weighted by Crippen LogP contribution is 2.46. The molecule has 1 heterocycles. The molecule has 0 saturated heterocycles. The number of aryl methyl sites for hydroxylation is 1. The van der Waals surface area contributed by atoms with Gasteiger partial charge in [0, 0.05) is 16.0 Å². The van der Waals surface area contributed by atoms with E-state index in [0.717, 1.165) is 33.6 Å². The molecule has 2 aromatic carbocycles. The number of carbonyl (C=O) groups is 1. The molecule has 0 amide bonds. The number of fused-ring (bicyclic) bond motifs is 1. The largest absolute Gasteiger partial charge is 0.573 e. The Balaban J connectivity index is 1.96. The zero-order valence-corrected chi connectivity index (χ0v) is 18.2. The molecule has 2 nitrogen and oxygen atoms in total. The van der Waals surface area contributed by atoms with E-state index in [4.69, 9.17) is 0 Å². The van der Waals surface area contributed by atoms with E-state index in [1.54, 1.807) is 11.3 Å². The van der Waals surface area contributed by atoms with E-state index in [2.05, 4.69) is 30.7 Å². The molecule has 0 spiro atoms. The van der Waals surface area contributed by atoms with E-state index in [-0.39, 0.29) is 22.3 Å². The third kappa shape index (κ3) is 4.17. The third-order valence-corrected chi connectivity index (χ3v) is 6.55. The van der Waals surface area contributed by atoms with Gasteiger partial charge in [-0.05, 0) is 82.3 Å². The average molecular weight is 443 g/mol. The van der Waals surface area contributed by atoms with Crippen molar-refractivity contribution < 1.29 is 22.7 Å². The van der Waals surface area contributed by atoms with Crippen LogP contribution in [0.3, 0.4) is 0 Å². The molecule has 31 heavy (non-hydrogen) atoms. The molecule has 1 aliphatic rings. The number of halogens is 3. The van der Waals surface area contributed by atoms with Crippen molar-refractivity contribution in [2.24, 2.45) is 0 Å². The summed E-state index contributed by atoms with van der Waals surface area (Å²) in [4.78, 5) is 12.4. The number of hydrogen-bond donors (Lipinski definition) is 0. The highest BCUT2D eigenvalue weighted by Gasteiger charge is 2.33. The molecule has 0 fully saturated rings. The number of ether oxygens (including phenoxy) is 1. The van der Waals surface area contributed by atoms with Crippen LogP contribution in [0, 0.1) is 6.92 Å². The summed E-state index contributed by atoms with van der Waals surface area (Å²) >= 11 is 1.63. The van der Waals surface area contributed by atoms with Gasteiger partial charge in [0.25, 0.3) is 0 Å². The predicted octanol–water partition coefficient (Wildman–Crippen LogP) is 7.55. The van der Waals surface area contributed by atoms with Gasteiger partial charge in [-0.25, -0.2) is 0 Å². The molecule has 160 valence electrons. The van der Waals surface area contributed by atoms with Crippen LogP contribution in [0.25, 0.3) is 16.7 Å². The van der Waals surface area contributed by atoms with Crippen molar-refractivity contribution in [3.63, 3.8) is 0 Å². The Morgan fingerprint density at radius 3 is 2.48 bits per heavy atom. The lowest BCUT2D eigenvalue weighted by molar-refractivity contribution is -0.274. The standard InChI is InChI=1S/C25H21F3O2S/c1-15-11-21-19(17(8-9-24(21,2)3)23-5-4-10-31-23)13-18(15)20-12-16(14-29)6-7-22(20)30-25(26,27)28/h4-8,10-14H,9H2,1-3H3. The molecule has 6 heteroatoms. The monoisotopic (exact) mass is 442 g/mol. The lowest BCUT2D eigenvalue weighted by Gasteiger charge is -2.33. The smallest absolute Gasteiger partial charge is 0.405 e. The van der Waals surface area contributed by atoms with Gasteiger partial charge in [-0.1, -0.05) is 32.1 Å². The molecule has 3 aromatic rings. The molecule has 0 radical (unpaired) electrons. The van der Waals surface area contributed by atoms with E-state index in [1.807, 2.05) is 30.5 Å². The third-order valence-electron chi connectivity index (χ3n) is 5.64. The van der Waals surface area contributed by atoms with Crippen molar-refractivity contribution in [2.45, 2.75) is 39.0 Å². The molecule has 0 saturated carbocycles. The first-order chi connectivity index (χ1) is 14.6. The molecule has 1 aliphatic carbocycles. The minimum Gasteiger partial charge on any atom is -0.405 e. The van der Waals surface area contributed by atoms with Crippen LogP contribution in [0.4, 0.5) is 13.2 Å². The van der Waals surface area contributed by atoms with Crippen molar-refractivity contribution in [2.75, 3.05) is 0 Å². The van der Waals surface area contributed by atoms with Crippen molar-refractivity contribution >= 4 is 23.2 Å². The van der Waals surface area contributed by atoms with Crippen LogP contribution in [-0.4, -0.2) is 12.6 Å². The van der Waals surface area contributed by atoms with Gasteiger partial charge in [0.15, 0.2) is 0 Å². The molecule has 0 atom stereocenters.